The number of hydrogen-bond acceptors (Lipinski definition) is 1. The van der Waals surface area contributed by atoms with Crippen molar-refractivity contribution >= 4 is 5.70 Å². The monoisotopic (exact) mass is 213 g/mol. The smallest absolute Gasteiger partial charge is 0.0488 e. The molecule has 0 aromatic heterocycles. The van der Waals surface area contributed by atoms with Crippen LogP contribution < -0.4 is 5.32 Å². The van der Waals surface area contributed by atoms with Gasteiger partial charge in [0.25, 0.3) is 0 Å². The second-order valence-corrected chi connectivity index (χ2v) is 3.94. The fourth-order valence-electron chi connectivity index (χ4n) is 1.56. The van der Waals surface area contributed by atoms with Crippen molar-refractivity contribution in [3.63, 3.8) is 0 Å². The lowest BCUT2D eigenvalue weighted by Gasteiger charge is -2.14. The maximum atomic E-state index is 3.98. The molecule has 1 aromatic carbocycles. The van der Waals surface area contributed by atoms with Crippen LogP contribution in [-0.2, 0) is 0 Å². The van der Waals surface area contributed by atoms with Crippen LogP contribution in [0.25, 0.3) is 5.70 Å². The van der Waals surface area contributed by atoms with E-state index in [0.717, 1.165) is 16.8 Å². The predicted molar refractivity (Wildman–Crippen MR) is 71.9 cm³/mol. The van der Waals surface area contributed by atoms with E-state index in [1.54, 1.807) is 6.20 Å². The number of nitrogens with one attached hydrogen (secondary N) is 1. The van der Waals surface area contributed by atoms with Crippen molar-refractivity contribution in [2.45, 2.75) is 20.8 Å². The lowest BCUT2D eigenvalue weighted by atomic mass is 9.99. The molecule has 0 spiro atoms. The van der Waals surface area contributed by atoms with Crippen LogP contribution in [0.15, 0.2) is 54.8 Å². The number of hydrogen-bond donors (Lipinski definition) is 1. The molecule has 0 saturated heterocycles. The summed E-state index contributed by atoms with van der Waals surface area (Å²) in [4.78, 5) is 0. The van der Waals surface area contributed by atoms with E-state index in [1.165, 1.54) is 11.1 Å². The van der Waals surface area contributed by atoms with Crippen molar-refractivity contribution in [2.75, 3.05) is 0 Å². The van der Waals surface area contributed by atoms with Gasteiger partial charge in [0, 0.05) is 11.3 Å². The van der Waals surface area contributed by atoms with Crippen molar-refractivity contribution in [1.82, 2.24) is 5.32 Å². The summed E-state index contributed by atoms with van der Waals surface area (Å²) >= 11 is 0. The number of benzene rings is 1. The average molecular weight is 213 g/mol. The number of aryl methyl sites for hydroxylation is 1. The molecule has 1 heteroatoms. The normalized spacial score (nSPS) is 11.7. The predicted octanol–water partition coefficient (Wildman–Crippen LogP) is 4.04. The lowest BCUT2D eigenvalue weighted by molar-refractivity contribution is 1.17. The van der Waals surface area contributed by atoms with Gasteiger partial charge >= 0.3 is 0 Å². The Hall–Kier alpha value is -1.76. The molecule has 84 valence electrons. The van der Waals surface area contributed by atoms with E-state index in [4.69, 9.17) is 0 Å². The Balaban J connectivity index is 3.34. The molecule has 0 atom stereocenters. The zero-order valence-corrected chi connectivity index (χ0v) is 10.3. The Morgan fingerprint density at radius 1 is 1.25 bits per heavy atom. The van der Waals surface area contributed by atoms with Crippen LogP contribution in [0, 0.1) is 6.92 Å². The maximum absolute atomic E-state index is 3.98. The molecule has 16 heavy (non-hydrogen) atoms. The minimum Gasteiger partial charge on any atom is -0.362 e. The van der Waals surface area contributed by atoms with Crippen molar-refractivity contribution < 1.29 is 0 Å². The summed E-state index contributed by atoms with van der Waals surface area (Å²) in [6.07, 6.45) is 1.70. The van der Waals surface area contributed by atoms with Crippen molar-refractivity contribution in [3.8, 4) is 0 Å². The Kier molecular flexibility index (Phi) is 4.12. The largest absolute Gasteiger partial charge is 0.362 e. The zero-order chi connectivity index (χ0) is 12.1. The summed E-state index contributed by atoms with van der Waals surface area (Å²) in [6, 6.07) is 8.29. The number of allylic oxidation sites excluding steroid dienone is 2. The highest BCUT2D eigenvalue weighted by Crippen LogP contribution is 2.22. The average Bonchev–Trinajstić information content (AvgIpc) is 2.26. The molecule has 1 nitrogen and oxygen atoms in total. The molecule has 1 N–H and O–H groups in total. The highest BCUT2D eigenvalue weighted by Gasteiger charge is 2.07. The summed E-state index contributed by atoms with van der Waals surface area (Å²) < 4.78 is 0. The summed E-state index contributed by atoms with van der Waals surface area (Å²) in [7, 11) is 0. The van der Waals surface area contributed by atoms with E-state index < -0.39 is 0 Å². The third-order valence-electron chi connectivity index (χ3n) is 2.68. The van der Waals surface area contributed by atoms with E-state index in [9.17, 15) is 0 Å². The molecule has 0 unspecified atom stereocenters. The van der Waals surface area contributed by atoms with Gasteiger partial charge in [-0.3, -0.25) is 0 Å². The van der Waals surface area contributed by atoms with Gasteiger partial charge in [-0.25, -0.2) is 0 Å². The molecule has 0 saturated carbocycles. The van der Waals surface area contributed by atoms with Crippen molar-refractivity contribution in [2.24, 2.45) is 0 Å². The van der Waals surface area contributed by atoms with Crippen LogP contribution >= 0.6 is 0 Å². The topological polar surface area (TPSA) is 12.0 Å². The van der Waals surface area contributed by atoms with Crippen LogP contribution in [0.4, 0.5) is 0 Å². The van der Waals surface area contributed by atoms with Gasteiger partial charge in [0.2, 0.25) is 0 Å². The summed E-state index contributed by atoms with van der Waals surface area (Å²) in [6.45, 7) is 13.9. The molecular weight excluding hydrogens is 194 g/mol. The van der Waals surface area contributed by atoms with E-state index in [1.807, 2.05) is 19.1 Å². The van der Waals surface area contributed by atoms with Gasteiger partial charge in [0.05, 0.1) is 0 Å². The van der Waals surface area contributed by atoms with Gasteiger partial charge in [-0.2, -0.15) is 0 Å². The van der Waals surface area contributed by atoms with Crippen LogP contribution in [0.2, 0.25) is 0 Å². The van der Waals surface area contributed by atoms with Gasteiger partial charge in [-0.15, -0.1) is 0 Å². The summed E-state index contributed by atoms with van der Waals surface area (Å²) in [5, 5.41) is 3.20. The van der Waals surface area contributed by atoms with Gasteiger partial charge < -0.3 is 5.32 Å². The van der Waals surface area contributed by atoms with E-state index in [0.29, 0.717) is 0 Å². The van der Waals surface area contributed by atoms with Crippen LogP contribution in [0.5, 0.6) is 0 Å². The van der Waals surface area contributed by atoms with Gasteiger partial charge in [0.15, 0.2) is 0 Å². The molecule has 0 radical (unpaired) electrons. The van der Waals surface area contributed by atoms with Gasteiger partial charge in [-0.05, 0) is 38.1 Å². The molecule has 0 heterocycles. The number of rotatable bonds is 4. The first-order valence-corrected chi connectivity index (χ1v) is 5.38. The van der Waals surface area contributed by atoms with E-state index >= 15 is 0 Å². The third-order valence-corrected chi connectivity index (χ3v) is 2.68. The van der Waals surface area contributed by atoms with Gasteiger partial charge in [0.1, 0.15) is 0 Å². The lowest BCUT2D eigenvalue weighted by Crippen LogP contribution is -2.07. The summed E-state index contributed by atoms with van der Waals surface area (Å²) in [5.74, 6) is 0. The first-order chi connectivity index (χ1) is 7.57. The molecule has 0 aliphatic heterocycles. The minimum atomic E-state index is 1.06. The first kappa shape index (κ1) is 12.3. The third kappa shape index (κ3) is 2.63. The molecule has 1 rings (SSSR count). The van der Waals surface area contributed by atoms with Crippen LogP contribution in [0.3, 0.4) is 0 Å². The van der Waals surface area contributed by atoms with Crippen molar-refractivity contribution in [1.29, 1.82) is 0 Å². The summed E-state index contributed by atoms with van der Waals surface area (Å²) in [5.41, 5.74) is 5.75. The van der Waals surface area contributed by atoms with Crippen LogP contribution in [-0.4, -0.2) is 0 Å². The van der Waals surface area contributed by atoms with Gasteiger partial charge in [-0.1, -0.05) is 43.0 Å². The Morgan fingerprint density at radius 2 is 1.88 bits per heavy atom. The fraction of sp³-hybridized carbons (Fsp3) is 0.200. The highest BCUT2D eigenvalue weighted by atomic mass is 14.8. The minimum absolute atomic E-state index is 1.06. The van der Waals surface area contributed by atoms with Crippen LogP contribution in [0.1, 0.15) is 25.0 Å². The second-order valence-electron chi connectivity index (χ2n) is 3.94. The first-order valence-electron chi connectivity index (χ1n) is 5.38. The molecule has 1 aromatic rings. The molecule has 0 aliphatic rings. The SMILES string of the molecule is C=CN/C(=C(\C)C(=C)C)c1ccccc1C. The Bertz CT molecular complexity index is 439. The fourth-order valence-corrected chi connectivity index (χ4v) is 1.56. The molecule has 0 bridgehead atoms. The molecule has 0 amide bonds. The molecule has 0 aliphatic carbocycles. The standard InChI is InChI=1S/C15H19N/c1-6-16-15(13(5)11(2)3)14-10-8-7-9-12(14)4/h6-10,16H,1-2H2,3-5H3/b15-13+. The Morgan fingerprint density at radius 3 is 2.38 bits per heavy atom. The molecule has 0 fully saturated rings. The highest BCUT2D eigenvalue weighted by molar-refractivity contribution is 5.72. The Labute approximate surface area is 98.2 Å². The quantitative estimate of drug-likeness (QED) is 0.744. The maximum Gasteiger partial charge on any atom is 0.0488 e. The zero-order valence-electron chi connectivity index (χ0n) is 10.3. The van der Waals surface area contributed by atoms with Crippen molar-refractivity contribution in [3.05, 3.63) is 65.9 Å². The molecular formula is C15H19N. The van der Waals surface area contributed by atoms with E-state index in [2.05, 4.69) is 44.5 Å². The van der Waals surface area contributed by atoms with E-state index in [-0.39, 0.29) is 0 Å². The second kappa shape index (κ2) is 5.36.